The van der Waals surface area contributed by atoms with Crippen molar-refractivity contribution >= 4 is 0 Å². The Hall–Kier alpha value is -3.32. The number of hydrogen-bond acceptors (Lipinski definition) is 7. The van der Waals surface area contributed by atoms with Gasteiger partial charge in [0, 0.05) is 31.5 Å². The highest BCUT2D eigenvalue weighted by atomic mass is 16.5. The smallest absolute Gasteiger partial charge is 0.336 e. The summed E-state index contributed by atoms with van der Waals surface area (Å²) in [7, 11) is 0. The van der Waals surface area contributed by atoms with Crippen LogP contribution in [-0.2, 0) is 24.4 Å². The first-order valence-corrected chi connectivity index (χ1v) is 16.8. The fraction of sp³-hybridized carbons (Fsp3) is 0.833. The van der Waals surface area contributed by atoms with Gasteiger partial charge in [-0.3, -0.25) is 0 Å². The second-order valence-electron chi connectivity index (χ2n) is 18.8. The highest BCUT2D eigenvalue weighted by molar-refractivity contribution is 5.02. The second-order valence-corrected chi connectivity index (χ2v) is 18.8. The zero-order valence-electron chi connectivity index (χ0n) is 29.5. The third-order valence-corrected chi connectivity index (χ3v) is 10.9. The van der Waals surface area contributed by atoms with E-state index in [0.29, 0.717) is 32.1 Å². The zero-order valence-corrected chi connectivity index (χ0v) is 29.5. The van der Waals surface area contributed by atoms with Crippen LogP contribution in [0.15, 0.2) is 14.4 Å². The molecule has 1 aromatic heterocycles. The van der Waals surface area contributed by atoms with Crippen molar-refractivity contribution < 1.29 is 4.74 Å². The molecule has 0 spiro atoms. The van der Waals surface area contributed by atoms with Crippen LogP contribution in [0.2, 0.25) is 0 Å². The molecule has 3 aliphatic rings. The molecule has 3 fully saturated rings. The summed E-state index contributed by atoms with van der Waals surface area (Å²) in [6.07, 6.45) is 7.50. The van der Waals surface area contributed by atoms with Crippen molar-refractivity contribution in [1.29, 1.82) is 15.8 Å². The average Bonchev–Trinajstić information content (AvgIpc) is 2.88. The lowest BCUT2D eigenvalue weighted by Gasteiger charge is -2.46. The monoisotopic (exact) mass is 634 g/mol. The van der Waals surface area contributed by atoms with Crippen molar-refractivity contribution in [3.05, 3.63) is 31.5 Å². The Balaban J connectivity index is 1.87. The summed E-state index contributed by atoms with van der Waals surface area (Å²) in [5, 5.41) is 29.0. The molecule has 6 unspecified atom stereocenters. The maximum atomic E-state index is 14.4. The molecule has 0 aliphatic heterocycles. The topological polar surface area (TPSA) is 147 Å². The number of aromatic nitrogens is 3. The molecule has 0 amide bonds. The lowest BCUT2D eigenvalue weighted by atomic mass is 9.61. The Labute approximate surface area is 274 Å². The molecule has 46 heavy (non-hydrogen) atoms. The van der Waals surface area contributed by atoms with Gasteiger partial charge < -0.3 is 4.74 Å². The molecule has 3 saturated carbocycles. The summed E-state index contributed by atoms with van der Waals surface area (Å²) >= 11 is 0. The van der Waals surface area contributed by atoms with Gasteiger partial charge in [0.2, 0.25) is 0 Å². The van der Waals surface area contributed by atoms with E-state index in [1.165, 1.54) is 13.7 Å². The summed E-state index contributed by atoms with van der Waals surface area (Å²) in [6, 6.07) is 4.86. The van der Waals surface area contributed by atoms with Crippen LogP contribution in [0.4, 0.5) is 0 Å². The van der Waals surface area contributed by atoms with E-state index in [2.05, 4.69) is 53.7 Å². The summed E-state index contributed by atoms with van der Waals surface area (Å²) < 4.78 is 9.15. The fourth-order valence-corrected chi connectivity index (χ4v) is 10.7. The minimum Gasteiger partial charge on any atom is -0.424 e. The Morgan fingerprint density at radius 1 is 0.565 bits per heavy atom. The molecule has 10 nitrogen and oxygen atoms in total. The second kappa shape index (κ2) is 12.0. The van der Waals surface area contributed by atoms with Gasteiger partial charge in [-0.05, 0) is 90.3 Å². The van der Waals surface area contributed by atoms with Crippen LogP contribution in [0.3, 0.4) is 0 Å². The van der Waals surface area contributed by atoms with Crippen LogP contribution in [-0.4, -0.2) is 19.8 Å². The maximum absolute atomic E-state index is 14.4. The Kier molecular flexibility index (Phi) is 9.30. The first-order chi connectivity index (χ1) is 21.1. The van der Waals surface area contributed by atoms with Gasteiger partial charge in [-0.2, -0.15) is 15.8 Å². The molecular weight excluding hydrogens is 580 g/mol. The normalized spacial score (nSPS) is 34.9. The van der Waals surface area contributed by atoms with Gasteiger partial charge in [0.15, 0.2) is 0 Å². The van der Waals surface area contributed by atoms with Crippen molar-refractivity contribution in [2.45, 2.75) is 146 Å². The highest BCUT2D eigenvalue weighted by Gasteiger charge is 2.46. The van der Waals surface area contributed by atoms with Crippen molar-refractivity contribution in [1.82, 2.24) is 13.7 Å². The van der Waals surface area contributed by atoms with E-state index in [1.54, 1.807) is 0 Å². The number of ether oxygens (including phenoxy) is 1. The number of hydrogen-bond donors (Lipinski definition) is 0. The third kappa shape index (κ3) is 7.79. The minimum atomic E-state index is -0.629. The van der Waals surface area contributed by atoms with Gasteiger partial charge >= 0.3 is 17.1 Å². The standard InChI is InChI=1S/C36H54N6O4/c1-31(2)10-25(16-37)12-34(7,18-31)21-40-28(43)41(22-35(8)13-26(17-38)11-32(3,4)19-35)30(45)42(29(40)44)23-36(9)15-27(46-24-39)14-33(5,6)20-36/h25-27H,10-15,18-23H2,1-9H3. The molecule has 1 aromatic rings. The molecule has 10 heteroatoms. The molecule has 0 N–H and O–H groups in total. The van der Waals surface area contributed by atoms with Crippen molar-refractivity contribution in [2.24, 2.45) is 44.3 Å². The quantitative estimate of drug-likeness (QED) is 0.336. The van der Waals surface area contributed by atoms with Crippen molar-refractivity contribution in [3.8, 4) is 18.4 Å². The summed E-state index contributed by atoms with van der Waals surface area (Å²) in [6.45, 7) is 19.1. The number of rotatable bonds is 7. The summed E-state index contributed by atoms with van der Waals surface area (Å²) in [5.74, 6) is -0.381. The van der Waals surface area contributed by atoms with Gasteiger partial charge in [0.25, 0.3) is 6.26 Å². The van der Waals surface area contributed by atoms with Gasteiger partial charge in [-0.15, -0.1) is 0 Å². The van der Waals surface area contributed by atoms with E-state index < -0.39 is 33.3 Å². The van der Waals surface area contributed by atoms with Crippen LogP contribution in [0.25, 0.3) is 0 Å². The van der Waals surface area contributed by atoms with E-state index in [9.17, 15) is 30.2 Å². The number of nitrogens with zero attached hydrogens (tertiary/aromatic N) is 6. The molecule has 0 aromatic carbocycles. The van der Waals surface area contributed by atoms with E-state index >= 15 is 0 Å². The van der Waals surface area contributed by atoms with Gasteiger partial charge in [0.05, 0.1) is 12.1 Å². The Bertz CT molecular complexity index is 1550. The Morgan fingerprint density at radius 3 is 1.22 bits per heavy atom. The van der Waals surface area contributed by atoms with Crippen LogP contribution in [0.5, 0.6) is 0 Å². The van der Waals surface area contributed by atoms with E-state index in [-0.39, 0.29) is 53.8 Å². The first-order valence-electron chi connectivity index (χ1n) is 16.8. The molecule has 6 atom stereocenters. The van der Waals surface area contributed by atoms with Crippen LogP contribution < -0.4 is 17.1 Å². The van der Waals surface area contributed by atoms with E-state index in [1.807, 2.05) is 27.0 Å². The summed E-state index contributed by atoms with van der Waals surface area (Å²) in [4.78, 5) is 43.1. The van der Waals surface area contributed by atoms with Gasteiger partial charge in [-0.1, -0.05) is 62.3 Å². The predicted octanol–water partition coefficient (Wildman–Crippen LogP) is 5.97. The largest absolute Gasteiger partial charge is 0.424 e. The molecule has 1 heterocycles. The van der Waals surface area contributed by atoms with Gasteiger partial charge in [0.1, 0.15) is 6.10 Å². The fourth-order valence-electron chi connectivity index (χ4n) is 10.7. The lowest BCUT2D eigenvalue weighted by Crippen LogP contribution is -2.59. The molecule has 0 saturated heterocycles. The van der Waals surface area contributed by atoms with Crippen LogP contribution in [0, 0.1) is 78.5 Å². The molecule has 4 rings (SSSR count). The molecule has 0 radical (unpaired) electrons. The molecular formula is C36H54N6O4. The average molecular weight is 635 g/mol. The first kappa shape index (κ1) is 35.5. The van der Waals surface area contributed by atoms with E-state index in [0.717, 1.165) is 25.7 Å². The van der Waals surface area contributed by atoms with Gasteiger partial charge in [-0.25, -0.2) is 28.1 Å². The minimum absolute atomic E-state index is 0.0890. The zero-order chi connectivity index (χ0) is 34.5. The number of nitriles is 3. The SMILES string of the molecule is CC1(C)CC(C#N)CC(C)(Cn2c(=O)n(CC3(C)CC(C#N)CC(C)(C)C3)c(=O)n(CC3(C)CC(OC#N)CC(C)(C)C3)c2=O)C1. The maximum Gasteiger partial charge on any atom is 0.336 e. The molecule has 0 bridgehead atoms. The van der Waals surface area contributed by atoms with Crippen LogP contribution >= 0.6 is 0 Å². The van der Waals surface area contributed by atoms with Crippen LogP contribution in [0.1, 0.15) is 120 Å². The van der Waals surface area contributed by atoms with Crippen molar-refractivity contribution in [3.63, 3.8) is 0 Å². The van der Waals surface area contributed by atoms with Crippen molar-refractivity contribution in [2.75, 3.05) is 0 Å². The highest BCUT2D eigenvalue weighted by Crippen LogP contribution is 2.51. The molecule has 3 aliphatic carbocycles. The lowest BCUT2D eigenvalue weighted by molar-refractivity contribution is -0.0206. The molecule has 252 valence electrons. The van der Waals surface area contributed by atoms with E-state index in [4.69, 9.17) is 4.74 Å². The summed E-state index contributed by atoms with van der Waals surface area (Å²) in [5.41, 5.74) is -3.91. The Morgan fingerprint density at radius 2 is 0.891 bits per heavy atom. The third-order valence-electron chi connectivity index (χ3n) is 10.9. The predicted molar refractivity (Wildman–Crippen MR) is 175 cm³/mol.